The van der Waals surface area contributed by atoms with Gasteiger partial charge in [-0.3, -0.25) is 0 Å². The Hall–Kier alpha value is -0.570. The van der Waals surface area contributed by atoms with Gasteiger partial charge < -0.3 is 10.6 Å². The first-order valence-corrected chi connectivity index (χ1v) is 7.06. The maximum absolute atomic E-state index is 6.11. The van der Waals surface area contributed by atoms with Crippen LogP contribution < -0.4 is 10.6 Å². The number of hydrogen-bond acceptors (Lipinski definition) is 2. The minimum atomic E-state index is 0.462. The largest absolute Gasteiger partial charge is 0.315 e. The Morgan fingerprint density at radius 1 is 1.17 bits per heavy atom. The first-order chi connectivity index (χ1) is 8.49. The van der Waals surface area contributed by atoms with Crippen LogP contribution >= 0.6 is 11.6 Å². The van der Waals surface area contributed by atoms with Crippen molar-refractivity contribution < 1.29 is 0 Å². The molecular formula is C15H25ClN2. The smallest absolute Gasteiger partial charge is 0.0438 e. The third-order valence-corrected chi connectivity index (χ3v) is 3.30. The molecule has 1 atom stereocenters. The molecule has 0 saturated carbocycles. The summed E-state index contributed by atoms with van der Waals surface area (Å²) < 4.78 is 0. The summed E-state index contributed by atoms with van der Waals surface area (Å²) in [5.74, 6) is 0.702. The second-order valence-electron chi connectivity index (χ2n) is 5.42. The van der Waals surface area contributed by atoms with Crippen molar-refractivity contribution in [2.24, 2.45) is 5.92 Å². The van der Waals surface area contributed by atoms with Gasteiger partial charge in [0.15, 0.2) is 0 Å². The third-order valence-electron chi connectivity index (χ3n) is 2.89. The summed E-state index contributed by atoms with van der Waals surface area (Å²) in [5, 5.41) is 7.80. The minimum absolute atomic E-state index is 0.462. The molecule has 0 spiro atoms. The van der Waals surface area contributed by atoms with Crippen LogP contribution in [0, 0.1) is 12.8 Å². The van der Waals surface area contributed by atoms with Crippen LogP contribution in [0.2, 0.25) is 5.02 Å². The van der Waals surface area contributed by atoms with Gasteiger partial charge in [-0.25, -0.2) is 0 Å². The molecule has 0 radical (unpaired) electrons. The second kappa shape index (κ2) is 7.78. The Kier molecular flexibility index (Phi) is 6.69. The van der Waals surface area contributed by atoms with E-state index in [-0.39, 0.29) is 0 Å². The average molecular weight is 269 g/mol. The lowest BCUT2D eigenvalue weighted by Crippen LogP contribution is -2.37. The van der Waals surface area contributed by atoms with E-state index < -0.39 is 0 Å². The zero-order valence-corrected chi connectivity index (χ0v) is 12.6. The predicted octanol–water partition coefficient (Wildman–Crippen LogP) is 3.37. The summed E-state index contributed by atoms with van der Waals surface area (Å²) in [6.07, 6.45) is 0. The van der Waals surface area contributed by atoms with Gasteiger partial charge in [0.05, 0.1) is 0 Å². The highest BCUT2D eigenvalue weighted by atomic mass is 35.5. The van der Waals surface area contributed by atoms with Crippen LogP contribution in [0.3, 0.4) is 0 Å². The molecule has 0 fully saturated rings. The Morgan fingerprint density at radius 2 is 1.89 bits per heavy atom. The fourth-order valence-electron chi connectivity index (χ4n) is 1.70. The van der Waals surface area contributed by atoms with Crippen LogP contribution in [-0.2, 0) is 6.54 Å². The molecule has 1 aromatic rings. The molecule has 0 amide bonds. The summed E-state index contributed by atoms with van der Waals surface area (Å²) >= 11 is 6.11. The van der Waals surface area contributed by atoms with Crippen molar-refractivity contribution in [3.05, 3.63) is 34.3 Å². The van der Waals surface area contributed by atoms with E-state index in [9.17, 15) is 0 Å². The highest BCUT2D eigenvalue weighted by Crippen LogP contribution is 2.16. The van der Waals surface area contributed by atoms with Crippen LogP contribution in [0.5, 0.6) is 0 Å². The standard InChI is InChI=1S/C15H25ClN2/c1-11(2)8-17-9-13(4)18-10-14-6-5-12(3)15(16)7-14/h5-7,11,13,17-18H,8-10H2,1-4H3. The molecule has 0 aliphatic rings. The van der Waals surface area contributed by atoms with Crippen LogP contribution in [0.25, 0.3) is 0 Å². The zero-order chi connectivity index (χ0) is 13.5. The summed E-state index contributed by atoms with van der Waals surface area (Å²) in [7, 11) is 0. The summed E-state index contributed by atoms with van der Waals surface area (Å²) in [5.41, 5.74) is 2.37. The van der Waals surface area contributed by atoms with Gasteiger partial charge in [-0.1, -0.05) is 37.6 Å². The molecule has 0 aliphatic heterocycles. The number of aryl methyl sites for hydroxylation is 1. The number of halogens is 1. The Balaban J connectivity index is 2.29. The molecule has 18 heavy (non-hydrogen) atoms. The summed E-state index contributed by atoms with van der Waals surface area (Å²) in [6, 6.07) is 6.70. The van der Waals surface area contributed by atoms with Gasteiger partial charge in [-0.2, -0.15) is 0 Å². The van der Waals surface area contributed by atoms with Gasteiger partial charge in [0, 0.05) is 24.2 Å². The fraction of sp³-hybridized carbons (Fsp3) is 0.600. The molecule has 0 aromatic heterocycles. The Morgan fingerprint density at radius 3 is 2.50 bits per heavy atom. The lowest BCUT2D eigenvalue weighted by atomic mass is 10.1. The quantitative estimate of drug-likeness (QED) is 0.792. The molecule has 1 unspecified atom stereocenters. The number of rotatable bonds is 7. The first kappa shape index (κ1) is 15.5. The maximum atomic E-state index is 6.11. The van der Waals surface area contributed by atoms with Crippen molar-refractivity contribution in [3.8, 4) is 0 Å². The van der Waals surface area contributed by atoms with Crippen LogP contribution in [0.1, 0.15) is 31.9 Å². The van der Waals surface area contributed by atoms with Gasteiger partial charge in [0.25, 0.3) is 0 Å². The molecule has 0 bridgehead atoms. The molecule has 102 valence electrons. The molecule has 3 heteroatoms. The van der Waals surface area contributed by atoms with E-state index in [2.05, 4.69) is 43.5 Å². The average Bonchev–Trinajstić information content (AvgIpc) is 2.30. The zero-order valence-electron chi connectivity index (χ0n) is 11.9. The Labute approximate surface area is 116 Å². The van der Waals surface area contributed by atoms with Crippen molar-refractivity contribution in [1.82, 2.24) is 10.6 Å². The monoisotopic (exact) mass is 268 g/mol. The maximum Gasteiger partial charge on any atom is 0.0438 e. The fourth-order valence-corrected chi connectivity index (χ4v) is 1.90. The van der Waals surface area contributed by atoms with E-state index in [1.807, 2.05) is 13.0 Å². The number of nitrogens with one attached hydrogen (secondary N) is 2. The van der Waals surface area contributed by atoms with Gasteiger partial charge in [-0.05, 0) is 43.5 Å². The highest BCUT2D eigenvalue weighted by Gasteiger charge is 2.03. The third kappa shape index (κ3) is 5.85. The lowest BCUT2D eigenvalue weighted by Gasteiger charge is -2.16. The predicted molar refractivity (Wildman–Crippen MR) is 80.2 cm³/mol. The first-order valence-electron chi connectivity index (χ1n) is 6.68. The lowest BCUT2D eigenvalue weighted by molar-refractivity contribution is 0.472. The molecular weight excluding hydrogens is 244 g/mol. The Bertz CT molecular complexity index is 364. The van der Waals surface area contributed by atoms with Gasteiger partial charge in [-0.15, -0.1) is 0 Å². The molecule has 2 nitrogen and oxygen atoms in total. The van der Waals surface area contributed by atoms with E-state index >= 15 is 0 Å². The number of hydrogen-bond donors (Lipinski definition) is 2. The summed E-state index contributed by atoms with van der Waals surface area (Å²) in [6.45, 7) is 11.6. The van der Waals surface area contributed by atoms with Crippen LogP contribution in [-0.4, -0.2) is 19.1 Å². The van der Waals surface area contributed by atoms with Crippen molar-refractivity contribution in [2.45, 2.75) is 40.3 Å². The van der Waals surface area contributed by atoms with Gasteiger partial charge >= 0.3 is 0 Å². The molecule has 1 aromatic carbocycles. The minimum Gasteiger partial charge on any atom is -0.315 e. The molecule has 0 heterocycles. The van der Waals surface area contributed by atoms with E-state index in [4.69, 9.17) is 11.6 Å². The van der Waals surface area contributed by atoms with E-state index in [1.165, 1.54) is 5.56 Å². The van der Waals surface area contributed by atoms with E-state index in [0.29, 0.717) is 12.0 Å². The van der Waals surface area contributed by atoms with Crippen molar-refractivity contribution >= 4 is 11.6 Å². The van der Waals surface area contributed by atoms with E-state index in [1.54, 1.807) is 0 Å². The van der Waals surface area contributed by atoms with Gasteiger partial charge in [0.1, 0.15) is 0 Å². The molecule has 1 rings (SSSR count). The SMILES string of the molecule is Cc1ccc(CNC(C)CNCC(C)C)cc1Cl. The molecule has 2 N–H and O–H groups in total. The molecule has 0 aliphatic carbocycles. The number of benzene rings is 1. The van der Waals surface area contributed by atoms with Crippen molar-refractivity contribution in [1.29, 1.82) is 0 Å². The van der Waals surface area contributed by atoms with Crippen molar-refractivity contribution in [2.75, 3.05) is 13.1 Å². The van der Waals surface area contributed by atoms with Gasteiger partial charge in [0.2, 0.25) is 0 Å². The highest BCUT2D eigenvalue weighted by molar-refractivity contribution is 6.31. The molecule has 0 saturated heterocycles. The van der Waals surface area contributed by atoms with Crippen molar-refractivity contribution in [3.63, 3.8) is 0 Å². The summed E-state index contributed by atoms with van der Waals surface area (Å²) in [4.78, 5) is 0. The topological polar surface area (TPSA) is 24.1 Å². The van der Waals surface area contributed by atoms with Crippen LogP contribution in [0.15, 0.2) is 18.2 Å². The van der Waals surface area contributed by atoms with Crippen LogP contribution in [0.4, 0.5) is 0 Å². The van der Waals surface area contributed by atoms with E-state index in [0.717, 1.165) is 30.2 Å². The normalized spacial score (nSPS) is 13.0. The second-order valence-corrected chi connectivity index (χ2v) is 5.82.